The summed E-state index contributed by atoms with van der Waals surface area (Å²) in [6.07, 6.45) is 5.04. The monoisotopic (exact) mass is 784 g/mol. The summed E-state index contributed by atoms with van der Waals surface area (Å²) < 4.78 is 66.0. The molecule has 0 amide bonds. The second-order valence-electron chi connectivity index (χ2n) is 10.6. The molecule has 0 radical (unpaired) electrons. The van der Waals surface area contributed by atoms with Crippen LogP contribution in [0.4, 0.5) is 33.0 Å². The van der Waals surface area contributed by atoms with Crippen LogP contribution in [0.5, 0.6) is 0 Å². The van der Waals surface area contributed by atoms with E-state index in [1.54, 1.807) is 22.7 Å². The summed E-state index contributed by atoms with van der Waals surface area (Å²) in [5.74, 6) is 0. The number of aromatic nitrogens is 2. The number of thiazole rings is 2. The van der Waals surface area contributed by atoms with E-state index in [9.17, 15) is 25.9 Å². The van der Waals surface area contributed by atoms with Gasteiger partial charge < -0.3 is 18.9 Å². The van der Waals surface area contributed by atoms with Crippen molar-refractivity contribution in [1.82, 2.24) is 0 Å². The molecule has 0 unspecified atom stereocenters. The third kappa shape index (κ3) is 15.6. The first kappa shape index (κ1) is 43.4. The number of rotatable bonds is 14. The summed E-state index contributed by atoms with van der Waals surface area (Å²) >= 11 is 3.16. The highest BCUT2D eigenvalue weighted by atomic mass is 32.3. The van der Waals surface area contributed by atoms with E-state index in [4.69, 9.17) is 0 Å². The lowest BCUT2D eigenvalue weighted by atomic mass is 10.1. The zero-order valence-corrected chi connectivity index (χ0v) is 33.1. The quantitative estimate of drug-likeness (QED) is 0.0649. The summed E-state index contributed by atoms with van der Waals surface area (Å²) in [5.41, 5.74) is 6.69. The lowest BCUT2D eigenvalue weighted by Gasteiger charge is -2.29. The Morgan fingerprint density at radius 2 is 1.04 bits per heavy atom. The summed E-state index contributed by atoms with van der Waals surface area (Å²) in [5, 5.41) is 23.5. The molecule has 0 saturated heterocycles. The molecule has 2 aromatic carbocycles. The third-order valence-corrected chi connectivity index (χ3v) is 9.58. The van der Waals surface area contributed by atoms with Crippen molar-refractivity contribution in [3.05, 3.63) is 70.7 Å². The van der Waals surface area contributed by atoms with Crippen molar-refractivity contribution < 1.29 is 43.4 Å². The molecule has 51 heavy (non-hydrogen) atoms. The van der Waals surface area contributed by atoms with E-state index in [1.165, 1.54) is 22.5 Å². The van der Waals surface area contributed by atoms with Crippen molar-refractivity contribution in [3.8, 4) is 0 Å². The van der Waals surface area contributed by atoms with Gasteiger partial charge in [-0.2, -0.15) is 0 Å². The van der Waals surface area contributed by atoms with Gasteiger partial charge in [0.2, 0.25) is 20.8 Å². The van der Waals surface area contributed by atoms with Gasteiger partial charge in [-0.25, -0.2) is 26.0 Å². The van der Waals surface area contributed by atoms with Gasteiger partial charge in [0.25, 0.3) is 0 Å². The van der Waals surface area contributed by atoms with Crippen LogP contribution in [0, 0.1) is 13.8 Å². The first-order chi connectivity index (χ1) is 24.0. The maximum Gasteiger partial charge on any atom is 0.408 e. The fraction of sp³-hybridized carbons (Fsp3) is 0.419. The van der Waals surface area contributed by atoms with Crippen molar-refractivity contribution >= 4 is 76.5 Å². The summed E-state index contributed by atoms with van der Waals surface area (Å²) in [6, 6.07) is 12.7. The molecule has 0 aliphatic rings. The number of hydrogen-bond donors (Lipinski definition) is 0. The third-order valence-electron chi connectivity index (χ3n) is 7.09. The van der Waals surface area contributed by atoms with E-state index in [2.05, 4.69) is 103 Å². The number of benzene rings is 2. The number of anilines is 2. The normalized spacial score (nSPS) is 11.6. The minimum absolute atomic E-state index is 0.808. The van der Waals surface area contributed by atoms with Crippen molar-refractivity contribution in [3.63, 3.8) is 0 Å². The molecule has 0 bridgehead atoms. The minimum atomic E-state index is -4.41. The minimum Gasteiger partial charge on any atom is -0.726 e. The largest absolute Gasteiger partial charge is 0.726 e. The molecule has 0 fully saturated rings. The van der Waals surface area contributed by atoms with Crippen molar-refractivity contribution in [1.29, 1.82) is 0 Å². The first-order valence-electron chi connectivity index (χ1n) is 15.5. The molecule has 4 rings (SSSR count). The zero-order chi connectivity index (χ0) is 38.2. The fourth-order valence-electron chi connectivity index (χ4n) is 4.51. The van der Waals surface area contributed by atoms with Crippen LogP contribution in [0.3, 0.4) is 0 Å². The molecule has 0 aliphatic carbocycles. The van der Waals surface area contributed by atoms with Crippen LogP contribution in [0.2, 0.25) is 0 Å². The summed E-state index contributed by atoms with van der Waals surface area (Å²) in [4.78, 5) is 4.90. The van der Waals surface area contributed by atoms with Gasteiger partial charge in [-0.1, -0.05) is 0 Å². The Bertz CT molecular complexity index is 1830. The molecule has 2 heterocycles. The molecule has 4 aromatic rings. The Morgan fingerprint density at radius 1 is 0.686 bits per heavy atom. The van der Waals surface area contributed by atoms with Crippen LogP contribution in [-0.2, 0) is 43.3 Å². The molecule has 2 aromatic heterocycles. The van der Waals surface area contributed by atoms with Crippen LogP contribution < -0.4 is 18.9 Å². The smallest absolute Gasteiger partial charge is 0.408 e. The van der Waals surface area contributed by atoms with E-state index in [0.717, 1.165) is 68.5 Å². The van der Waals surface area contributed by atoms with E-state index in [-0.39, 0.29) is 0 Å². The van der Waals surface area contributed by atoms with Gasteiger partial charge in [0.1, 0.15) is 23.8 Å². The fourth-order valence-corrected chi connectivity index (χ4v) is 5.87. The van der Waals surface area contributed by atoms with E-state index < -0.39 is 20.8 Å². The maximum absolute atomic E-state index is 9.22. The van der Waals surface area contributed by atoms with Crippen LogP contribution >= 0.6 is 22.7 Å². The number of azo groups is 2. The molecule has 0 saturated carbocycles. The number of nitrogens with zero attached hydrogens (tertiary/aromatic N) is 8. The van der Waals surface area contributed by atoms with Crippen LogP contribution in [0.1, 0.15) is 31.4 Å². The van der Waals surface area contributed by atoms with Gasteiger partial charge in [-0.3, -0.25) is 8.37 Å². The number of hydrogen-bond acceptors (Lipinski definition) is 16. The lowest BCUT2D eigenvalue weighted by molar-refractivity contribution is -0.654. The van der Waals surface area contributed by atoms with Gasteiger partial charge in [0.05, 0.1) is 38.5 Å². The average molecular weight is 785 g/mol. The molecular formula is C31H44N8O8S4. The summed E-state index contributed by atoms with van der Waals surface area (Å²) in [6.45, 7) is 12.6. The standard InChI is InChI=1S/C29H38N8S2.2CH4O4S/c1-7-36(26-12-10-24(20-22(26)3)30-32-28-34(5)16-18-38-28)14-9-15-37(8-2)27-13-11-25(21-23(27)4)31-33-29-35(6)17-19-39-29;2*1-5-6(2,3)4/h10-13,16-21H,7-9,14-15H2,1-6H3;2*1H3,(H,2,3,4)/q+2;;/p-2. The average Bonchev–Trinajstić information content (AvgIpc) is 3.70. The maximum atomic E-state index is 9.22. The Balaban J connectivity index is 0.000000645. The van der Waals surface area contributed by atoms with E-state index in [0.29, 0.717) is 0 Å². The molecule has 16 nitrogen and oxygen atoms in total. The Hall–Kier alpha value is -3.76. The van der Waals surface area contributed by atoms with Gasteiger partial charge in [0.15, 0.2) is 0 Å². The van der Waals surface area contributed by atoms with E-state index in [1.807, 2.05) is 46.4 Å². The SMILES string of the molecule is CCN(CCCN(CC)c1ccc(N=Nc2scc[n+]2C)cc1C)c1ccc(N=Nc2scc[n+]2C)cc1C.COS(=O)(=O)[O-].COS(=O)(=O)[O-]. The van der Waals surface area contributed by atoms with Crippen molar-refractivity contribution in [2.75, 3.05) is 50.2 Å². The predicted octanol–water partition coefficient (Wildman–Crippen LogP) is 5.84. The second kappa shape index (κ2) is 20.9. The first-order valence-corrected chi connectivity index (χ1v) is 19.9. The van der Waals surface area contributed by atoms with Gasteiger partial charge in [0, 0.05) is 48.3 Å². The lowest BCUT2D eigenvalue weighted by Crippen LogP contribution is -2.30. The zero-order valence-electron chi connectivity index (χ0n) is 29.8. The van der Waals surface area contributed by atoms with Crippen molar-refractivity contribution in [2.24, 2.45) is 34.6 Å². The van der Waals surface area contributed by atoms with Gasteiger partial charge in [-0.05, 0) is 115 Å². The Morgan fingerprint density at radius 3 is 1.29 bits per heavy atom. The molecule has 0 aliphatic heterocycles. The molecule has 20 heteroatoms. The van der Waals surface area contributed by atoms with Crippen molar-refractivity contribution in [2.45, 2.75) is 34.1 Å². The molecule has 0 N–H and O–H groups in total. The summed E-state index contributed by atoms with van der Waals surface area (Å²) in [7, 11) is -3.25. The highest BCUT2D eigenvalue weighted by Gasteiger charge is 2.14. The van der Waals surface area contributed by atoms with E-state index >= 15 is 0 Å². The van der Waals surface area contributed by atoms with Crippen LogP contribution in [-0.4, -0.2) is 66.3 Å². The highest BCUT2D eigenvalue weighted by Crippen LogP contribution is 2.29. The Kier molecular flexibility index (Phi) is 17.8. The van der Waals surface area contributed by atoms with Gasteiger partial charge >= 0.3 is 10.3 Å². The molecule has 0 atom stereocenters. The Labute approximate surface area is 308 Å². The highest BCUT2D eigenvalue weighted by molar-refractivity contribution is 7.81. The van der Waals surface area contributed by atoms with Gasteiger partial charge in [-0.15, -0.1) is 0 Å². The predicted molar refractivity (Wildman–Crippen MR) is 196 cm³/mol. The topological polar surface area (TPSA) is 197 Å². The molecule has 0 spiro atoms. The number of aryl methyl sites for hydroxylation is 4. The van der Waals surface area contributed by atoms with Crippen LogP contribution in [0.25, 0.3) is 0 Å². The van der Waals surface area contributed by atoms with Crippen LogP contribution in [0.15, 0.2) is 80.0 Å². The molecule has 280 valence electrons. The molecular weight excluding hydrogens is 741 g/mol. The second-order valence-corrected chi connectivity index (χ2v) is 14.6.